The SMILES string of the molecule is CC.CC.CCc1ccc2c(c1)OCC(=O)N2. The number of nitrogens with one attached hydrogen (secondary N) is 1. The fraction of sp³-hybridized carbons (Fsp3) is 0.500. The molecule has 17 heavy (non-hydrogen) atoms. The molecule has 0 spiro atoms. The lowest BCUT2D eigenvalue weighted by atomic mass is 10.1. The van der Waals surface area contributed by atoms with Crippen LogP contribution in [0.1, 0.15) is 40.2 Å². The molecular weight excluding hydrogens is 214 g/mol. The molecule has 0 bridgehead atoms. The van der Waals surface area contributed by atoms with Gasteiger partial charge in [-0.05, 0) is 24.1 Å². The number of aryl methyl sites for hydroxylation is 1. The molecule has 0 unspecified atom stereocenters. The zero-order valence-corrected chi connectivity index (χ0v) is 11.5. The summed E-state index contributed by atoms with van der Waals surface area (Å²) in [6.45, 7) is 10.2. The highest BCUT2D eigenvalue weighted by atomic mass is 16.5. The van der Waals surface area contributed by atoms with Gasteiger partial charge >= 0.3 is 0 Å². The summed E-state index contributed by atoms with van der Waals surface area (Å²) in [6, 6.07) is 5.84. The fourth-order valence-corrected chi connectivity index (χ4v) is 1.34. The first-order chi connectivity index (χ1) is 8.29. The summed E-state index contributed by atoms with van der Waals surface area (Å²) < 4.78 is 5.27. The number of rotatable bonds is 1. The van der Waals surface area contributed by atoms with Crippen molar-refractivity contribution in [2.75, 3.05) is 11.9 Å². The Bertz CT molecular complexity index is 348. The molecule has 1 aliphatic heterocycles. The molecule has 1 amide bonds. The van der Waals surface area contributed by atoms with Crippen molar-refractivity contribution >= 4 is 11.6 Å². The molecule has 0 atom stereocenters. The topological polar surface area (TPSA) is 38.3 Å². The summed E-state index contributed by atoms with van der Waals surface area (Å²) in [5.41, 5.74) is 1.99. The maximum absolute atomic E-state index is 10.9. The van der Waals surface area contributed by atoms with Crippen LogP contribution >= 0.6 is 0 Å². The Hall–Kier alpha value is -1.51. The van der Waals surface area contributed by atoms with Crippen molar-refractivity contribution in [1.29, 1.82) is 0 Å². The molecule has 96 valence electrons. The van der Waals surface area contributed by atoms with E-state index in [1.54, 1.807) is 0 Å². The monoisotopic (exact) mass is 237 g/mol. The predicted molar refractivity (Wildman–Crippen MR) is 72.6 cm³/mol. The molecule has 1 N–H and O–H groups in total. The van der Waals surface area contributed by atoms with Crippen molar-refractivity contribution in [3.05, 3.63) is 23.8 Å². The van der Waals surface area contributed by atoms with E-state index in [2.05, 4.69) is 12.2 Å². The number of amides is 1. The van der Waals surface area contributed by atoms with Gasteiger partial charge in [0.2, 0.25) is 0 Å². The van der Waals surface area contributed by atoms with Crippen molar-refractivity contribution < 1.29 is 9.53 Å². The van der Waals surface area contributed by atoms with E-state index in [0.717, 1.165) is 17.9 Å². The lowest BCUT2D eigenvalue weighted by molar-refractivity contribution is -0.118. The third-order valence-corrected chi connectivity index (χ3v) is 2.09. The van der Waals surface area contributed by atoms with E-state index in [1.165, 1.54) is 5.56 Å². The Morgan fingerprint density at radius 1 is 1.24 bits per heavy atom. The van der Waals surface area contributed by atoms with Crippen LogP contribution < -0.4 is 10.1 Å². The van der Waals surface area contributed by atoms with Crippen LogP contribution in [-0.2, 0) is 11.2 Å². The lowest BCUT2D eigenvalue weighted by Gasteiger charge is -2.18. The minimum atomic E-state index is -0.0863. The van der Waals surface area contributed by atoms with Gasteiger partial charge in [-0.25, -0.2) is 0 Å². The average Bonchev–Trinajstić information content (AvgIpc) is 2.42. The number of hydrogen-bond acceptors (Lipinski definition) is 2. The van der Waals surface area contributed by atoms with E-state index in [1.807, 2.05) is 45.9 Å². The molecule has 0 radical (unpaired) electrons. The highest BCUT2D eigenvalue weighted by Gasteiger charge is 2.15. The Balaban J connectivity index is 0.000000581. The van der Waals surface area contributed by atoms with Crippen molar-refractivity contribution in [2.45, 2.75) is 41.0 Å². The lowest BCUT2D eigenvalue weighted by Crippen LogP contribution is -2.25. The average molecular weight is 237 g/mol. The first-order valence-electron chi connectivity index (χ1n) is 6.35. The van der Waals surface area contributed by atoms with Gasteiger partial charge in [-0.15, -0.1) is 0 Å². The van der Waals surface area contributed by atoms with Gasteiger partial charge in [0.25, 0.3) is 5.91 Å². The molecule has 0 aliphatic carbocycles. The Morgan fingerprint density at radius 3 is 2.47 bits per heavy atom. The van der Waals surface area contributed by atoms with Crippen LogP contribution in [0.3, 0.4) is 0 Å². The summed E-state index contributed by atoms with van der Waals surface area (Å²) in [6.07, 6.45) is 0.977. The van der Waals surface area contributed by atoms with Gasteiger partial charge in [0.05, 0.1) is 5.69 Å². The van der Waals surface area contributed by atoms with Crippen LogP contribution in [-0.4, -0.2) is 12.5 Å². The first-order valence-corrected chi connectivity index (χ1v) is 6.35. The second-order valence-corrected chi connectivity index (χ2v) is 3.02. The Labute approximate surface area is 104 Å². The van der Waals surface area contributed by atoms with E-state index in [4.69, 9.17) is 4.74 Å². The first kappa shape index (κ1) is 15.5. The standard InChI is InChI=1S/C10H11NO2.2C2H6/c1-2-7-3-4-8-9(5-7)13-6-10(12)11-8;2*1-2/h3-5H,2,6H2,1H3,(H,11,12);2*1-2H3. The van der Waals surface area contributed by atoms with Crippen LogP contribution in [0.5, 0.6) is 5.75 Å². The van der Waals surface area contributed by atoms with Crippen molar-refractivity contribution in [1.82, 2.24) is 0 Å². The Morgan fingerprint density at radius 2 is 1.88 bits per heavy atom. The smallest absolute Gasteiger partial charge is 0.262 e. The van der Waals surface area contributed by atoms with Crippen LogP contribution in [0.2, 0.25) is 0 Å². The number of carbonyl (C=O) groups excluding carboxylic acids is 1. The molecule has 1 aromatic rings. The third-order valence-electron chi connectivity index (χ3n) is 2.09. The van der Waals surface area contributed by atoms with E-state index >= 15 is 0 Å². The van der Waals surface area contributed by atoms with E-state index in [-0.39, 0.29) is 12.5 Å². The van der Waals surface area contributed by atoms with E-state index in [0.29, 0.717) is 0 Å². The minimum absolute atomic E-state index is 0.0863. The molecule has 3 nitrogen and oxygen atoms in total. The zero-order chi connectivity index (χ0) is 13.3. The number of carbonyl (C=O) groups is 1. The molecule has 3 heteroatoms. The second-order valence-electron chi connectivity index (χ2n) is 3.02. The molecule has 0 fully saturated rings. The molecule has 2 rings (SSSR count). The number of benzene rings is 1. The van der Waals surface area contributed by atoms with Gasteiger partial charge in [-0.2, -0.15) is 0 Å². The Kier molecular flexibility index (Phi) is 7.85. The number of hydrogen-bond donors (Lipinski definition) is 1. The second kappa shape index (κ2) is 8.62. The van der Waals surface area contributed by atoms with Gasteiger partial charge < -0.3 is 10.1 Å². The van der Waals surface area contributed by atoms with Crippen LogP contribution in [0.4, 0.5) is 5.69 Å². The molecular formula is C14H23NO2. The van der Waals surface area contributed by atoms with Gasteiger partial charge in [-0.3, -0.25) is 4.79 Å². The molecule has 0 saturated heterocycles. The fourth-order valence-electron chi connectivity index (χ4n) is 1.34. The predicted octanol–water partition coefficient (Wildman–Crippen LogP) is 3.63. The van der Waals surface area contributed by atoms with Crippen molar-refractivity contribution in [2.24, 2.45) is 0 Å². The molecule has 1 heterocycles. The van der Waals surface area contributed by atoms with Crippen molar-refractivity contribution in [3.8, 4) is 5.75 Å². The quantitative estimate of drug-likeness (QED) is 0.810. The largest absolute Gasteiger partial charge is 0.482 e. The number of anilines is 1. The summed E-state index contributed by atoms with van der Waals surface area (Å²) >= 11 is 0. The summed E-state index contributed by atoms with van der Waals surface area (Å²) in [5, 5.41) is 2.75. The normalized spacial score (nSPS) is 11.7. The van der Waals surface area contributed by atoms with Crippen LogP contribution in [0, 0.1) is 0 Å². The molecule has 1 aliphatic rings. The van der Waals surface area contributed by atoms with Gasteiger partial charge in [0.15, 0.2) is 6.61 Å². The number of fused-ring (bicyclic) bond motifs is 1. The van der Waals surface area contributed by atoms with Crippen LogP contribution in [0.15, 0.2) is 18.2 Å². The zero-order valence-electron chi connectivity index (χ0n) is 11.5. The third kappa shape index (κ3) is 4.47. The summed E-state index contributed by atoms with van der Waals surface area (Å²) in [5.74, 6) is 0.690. The molecule has 0 aromatic heterocycles. The van der Waals surface area contributed by atoms with E-state index in [9.17, 15) is 4.79 Å². The maximum Gasteiger partial charge on any atom is 0.262 e. The number of ether oxygens (including phenoxy) is 1. The van der Waals surface area contributed by atoms with Gasteiger partial charge in [-0.1, -0.05) is 40.7 Å². The summed E-state index contributed by atoms with van der Waals surface area (Å²) in [7, 11) is 0. The van der Waals surface area contributed by atoms with Gasteiger partial charge in [0, 0.05) is 0 Å². The van der Waals surface area contributed by atoms with Crippen molar-refractivity contribution in [3.63, 3.8) is 0 Å². The highest BCUT2D eigenvalue weighted by Crippen LogP contribution is 2.28. The van der Waals surface area contributed by atoms with Gasteiger partial charge in [0.1, 0.15) is 5.75 Å². The van der Waals surface area contributed by atoms with E-state index < -0.39 is 0 Å². The molecule has 0 saturated carbocycles. The summed E-state index contributed by atoms with van der Waals surface area (Å²) in [4.78, 5) is 10.9. The van der Waals surface area contributed by atoms with Crippen LogP contribution in [0.25, 0.3) is 0 Å². The molecule has 1 aromatic carbocycles. The minimum Gasteiger partial charge on any atom is -0.482 e. The maximum atomic E-state index is 10.9. The highest BCUT2D eigenvalue weighted by molar-refractivity contribution is 5.95.